The van der Waals surface area contributed by atoms with Crippen LogP contribution in [0.3, 0.4) is 0 Å². The van der Waals surface area contributed by atoms with Crippen LogP contribution in [0.25, 0.3) is 0 Å². The maximum Gasteiger partial charge on any atom is 0.240 e. The van der Waals surface area contributed by atoms with Crippen molar-refractivity contribution in [1.29, 1.82) is 0 Å². The Balaban J connectivity index is 2.00. The molecule has 1 unspecified atom stereocenters. The van der Waals surface area contributed by atoms with Crippen LogP contribution >= 0.6 is 11.6 Å². The zero-order valence-corrected chi connectivity index (χ0v) is 11.3. The van der Waals surface area contributed by atoms with Crippen LogP contribution in [0.15, 0.2) is 24.3 Å². The molecule has 1 saturated carbocycles. The summed E-state index contributed by atoms with van der Waals surface area (Å²) in [6.45, 7) is 1.96. The molecule has 3 N–H and O–H groups in total. The molecule has 0 saturated heterocycles. The summed E-state index contributed by atoms with van der Waals surface area (Å²) in [4.78, 5) is 12.2. The van der Waals surface area contributed by atoms with E-state index in [2.05, 4.69) is 5.32 Å². The maximum absolute atomic E-state index is 12.2. The van der Waals surface area contributed by atoms with Crippen molar-refractivity contribution in [3.63, 3.8) is 0 Å². The lowest BCUT2D eigenvalue weighted by Gasteiger charge is -2.25. The van der Waals surface area contributed by atoms with Crippen LogP contribution in [0.1, 0.15) is 44.2 Å². The van der Waals surface area contributed by atoms with Gasteiger partial charge in [-0.25, -0.2) is 0 Å². The largest absolute Gasteiger partial charge is 0.348 e. The minimum Gasteiger partial charge on any atom is -0.348 e. The molecule has 0 radical (unpaired) electrons. The maximum atomic E-state index is 12.2. The highest BCUT2D eigenvalue weighted by Crippen LogP contribution is 2.28. The molecule has 1 aromatic rings. The third-order valence-electron chi connectivity index (χ3n) is 3.67. The predicted octanol–water partition coefficient (Wildman–Crippen LogP) is 2.79. The molecule has 1 amide bonds. The van der Waals surface area contributed by atoms with E-state index in [1.807, 2.05) is 31.2 Å². The fourth-order valence-corrected chi connectivity index (χ4v) is 2.53. The van der Waals surface area contributed by atoms with Crippen LogP contribution < -0.4 is 11.1 Å². The number of amides is 1. The van der Waals surface area contributed by atoms with Crippen molar-refractivity contribution in [2.24, 2.45) is 5.73 Å². The van der Waals surface area contributed by atoms with E-state index in [-0.39, 0.29) is 11.9 Å². The smallest absolute Gasteiger partial charge is 0.240 e. The molecule has 3 nitrogen and oxygen atoms in total. The molecule has 1 fully saturated rings. The Morgan fingerprint density at radius 2 is 1.89 bits per heavy atom. The average Bonchev–Trinajstić information content (AvgIpc) is 2.78. The van der Waals surface area contributed by atoms with Gasteiger partial charge in [-0.05, 0) is 37.5 Å². The molecule has 0 spiro atoms. The molecule has 1 aliphatic rings. The zero-order chi connectivity index (χ0) is 13.2. The topological polar surface area (TPSA) is 55.1 Å². The summed E-state index contributed by atoms with van der Waals surface area (Å²) >= 11 is 5.84. The molecule has 0 bridgehead atoms. The fraction of sp³-hybridized carbons (Fsp3) is 0.500. The van der Waals surface area contributed by atoms with Gasteiger partial charge in [-0.2, -0.15) is 0 Å². The van der Waals surface area contributed by atoms with Gasteiger partial charge in [-0.1, -0.05) is 36.6 Å². The molecule has 1 aromatic carbocycles. The number of nitrogens with one attached hydrogen (secondary N) is 1. The normalized spacial score (nSPS) is 19.5. The summed E-state index contributed by atoms with van der Waals surface area (Å²) in [5.41, 5.74) is 6.49. The molecule has 4 heteroatoms. The Bertz CT molecular complexity index is 424. The first kappa shape index (κ1) is 13.4. The van der Waals surface area contributed by atoms with Crippen molar-refractivity contribution in [3.8, 4) is 0 Å². The summed E-state index contributed by atoms with van der Waals surface area (Å²) in [7, 11) is 0. The van der Waals surface area contributed by atoms with Gasteiger partial charge in [0, 0.05) is 5.02 Å². The van der Waals surface area contributed by atoms with Crippen molar-refractivity contribution in [1.82, 2.24) is 5.32 Å². The van der Waals surface area contributed by atoms with Crippen LogP contribution in [0, 0.1) is 0 Å². The molecule has 2 rings (SSSR count). The Morgan fingerprint density at radius 3 is 2.44 bits per heavy atom. The number of carbonyl (C=O) groups is 1. The van der Waals surface area contributed by atoms with Gasteiger partial charge in [-0.3, -0.25) is 4.79 Å². The number of carbonyl (C=O) groups excluding carboxylic acids is 1. The molecule has 1 atom stereocenters. The van der Waals surface area contributed by atoms with Gasteiger partial charge in [0.2, 0.25) is 5.91 Å². The van der Waals surface area contributed by atoms with E-state index in [1.165, 1.54) is 0 Å². The van der Waals surface area contributed by atoms with Crippen molar-refractivity contribution in [2.75, 3.05) is 0 Å². The Labute approximate surface area is 113 Å². The number of halogens is 1. The summed E-state index contributed by atoms with van der Waals surface area (Å²) in [5, 5.41) is 3.69. The Morgan fingerprint density at radius 1 is 1.33 bits per heavy atom. The molecule has 0 heterocycles. The lowest BCUT2D eigenvalue weighted by Crippen LogP contribution is -2.52. The second-order valence-electron chi connectivity index (χ2n) is 5.11. The van der Waals surface area contributed by atoms with Crippen molar-refractivity contribution in [2.45, 2.75) is 44.2 Å². The van der Waals surface area contributed by atoms with Gasteiger partial charge in [0.05, 0.1) is 11.6 Å². The first-order chi connectivity index (χ1) is 8.51. The average molecular weight is 267 g/mol. The highest BCUT2D eigenvalue weighted by molar-refractivity contribution is 6.30. The second kappa shape index (κ2) is 5.29. The number of hydrogen-bond acceptors (Lipinski definition) is 2. The van der Waals surface area contributed by atoms with Gasteiger partial charge in [0.25, 0.3) is 0 Å². The molecule has 98 valence electrons. The van der Waals surface area contributed by atoms with E-state index < -0.39 is 5.54 Å². The van der Waals surface area contributed by atoms with Gasteiger partial charge < -0.3 is 11.1 Å². The van der Waals surface area contributed by atoms with E-state index in [0.29, 0.717) is 5.02 Å². The Kier molecular flexibility index (Phi) is 3.93. The van der Waals surface area contributed by atoms with E-state index in [9.17, 15) is 4.79 Å². The van der Waals surface area contributed by atoms with E-state index in [1.54, 1.807) is 0 Å². The molecular weight excluding hydrogens is 248 g/mol. The van der Waals surface area contributed by atoms with Crippen LogP contribution in [-0.4, -0.2) is 11.4 Å². The molecule has 18 heavy (non-hydrogen) atoms. The fourth-order valence-electron chi connectivity index (χ4n) is 2.41. The third kappa shape index (κ3) is 2.85. The monoisotopic (exact) mass is 266 g/mol. The summed E-state index contributed by atoms with van der Waals surface area (Å²) in [5.74, 6) is -0.0394. The first-order valence-electron chi connectivity index (χ1n) is 6.36. The predicted molar refractivity (Wildman–Crippen MR) is 73.4 cm³/mol. The summed E-state index contributed by atoms with van der Waals surface area (Å²) < 4.78 is 0. The van der Waals surface area contributed by atoms with Crippen LogP contribution in [0.2, 0.25) is 5.02 Å². The Hall–Kier alpha value is -1.06. The first-order valence-corrected chi connectivity index (χ1v) is 6.74. The number of rotatable bonds is 3. The van der Waals surface area contributed by atoms with E-state index in [4.69, 9.17) is 17.3 Å². The van der Waals surface area contributed by atoms with Crippen LogP contribution in [0.5, 0.6) is 0 Å². The zero-order valence-electron chi connectivity index (χ0n) is 10.6. The van der Waals surface area contributed by atoms with Gasteiger partial charge in [0.15, 0.2) is 0 Å². The SMILES string of the molecule is CC(NC(=O)C1(N)CCCC1)c1ccc(Cl)cc1. The molecule has 0 aliphatic heterocycles. The highest BCUT2D eigenvalue weighted by Gasteiger charge is 2.37. The highest BCUT2D eigenvalue weighted by atomic mass is 35.5. The molecule has 1 aliphatic carbocycles. The lowest BCUT2D eigenvalue weighted by molar-refractivity contribution is -0.126. The molecule has 0 aromatic heterocycles. The standard InChI is InChI=1S/C14H19ClN2O/c1-10(11-4-6-12(15)7-5-11)17-13(18)14(16)8-2-3-9-14/h4-7,10H,2-3,8-9,16H2,1H3,(H,17,18). The van der Waals surface area contributed by atoms with Gasteiger partial charge >= 0.3 is 0 Å². The van der Waals surface area contributed by atoms with Gasteiger partial charge in [0.1, 0.15) is 0 Å². The van der Waals surface area contributed by atoms with Crippen LogP contribution in [-0.2, 0) is 4.79 Å². The van der Waals surface area contributed by atoms with E-state index in [0.717, 1.165) is 31.2 Å². The number of nitrogens with two attached hydrogens (primary N) is 1. The lowest BCUT2D eigenvalue weighted by atomic mass is 9.97. The third-order valence-corrected chi connectivity index (χ3v) is 3.92. The van der Waals surface area contributed by atoms with Gasteiger partial charge in [-0.15, -0.1) is 0 Å². The minimum atomic E-state index is -0.666. The number of hydrogen-bond donors (Lipinski definition) is 2. The quantitative estimate of drug-likeness (QED) is 0.884. The summed E-state index contributed by atoms with van der Waals surface area (Å²) in [6.07, 6.45) is 3.65. The second-order valence-corrected chi connectivity index (χ2v) is 5.55. The van der Waals surface area contributed by atoms with E-state index >= 15 is 0 Å². The minimum absolute atomic E-state index is 0.0394. The van der Waals surface area contributed by atoms with Crippen LogP contribution in [0.4, 0.5) is 0 Å². The number of benzene rings is 1. The van der Waals surface area contributed by atoms with Crippen molar-refractivity contribution in [3.05, 3.63) is 34.9 Å². The van der Waals surface area contributed by atoms with Crippen molar-refractivity contribution < 1.29 is 4.79 Å². The van der Waals surface area contributed by atoms with Crippen molar-refractivity contribution >= 4 is 17.5 Å². The summed E-state index contributed by atoms with van der Waals surface area (Å²) in [6, 6.07) is 7.45. The molecular formula is C14H19ClN2O.